The summed E-state index contributed by atoms with van der Waals surface area (Å²) in [5, 5.41) is 10.6. The van der Waals surface area contributed by atoms with Gasteiger partial charge in [0, 0.05) is 36.1 Å². The van der Waals surface area contributed by atoms with E-state index in [4.69, 9.17) is 0 Å². The van der Waals surface area contributed by atoms with E-state index < -0.39 is 35.3 Å². The molecule has 1 fully saturated rings. The molecule has 10 heteroatoms. The lowest BCUT2D eigenvalue weighted by Crippen LogP contribution is -2.51. The number of rotatable bonds is 5. The zero-order valence-corrected chi connectivity index (χ0v) is 19.2. The standard InChI is InChI=1S/C24H28F4N4O2/c1-23(2)10-16(32-22(34)31-15-5-7-18(26)20(28)9-15)11-24(3,12-23)13-29-21(33)30-14-4-6-17(25)19(27)8-14/h4-9,16H,10-13H2,1-3H3,(H2,29,30,33)(H2,31,32,34)/t16-,24+/m1/s1. The molecule has 2 atom stereocenters. The van der Waals surface area contributed by atoms with Crippen LogP contribution >= 0.6 is 0 Å². The van der Waals surface area contributed by atoms with Crippen molar-refractivity contribution in [1.82, 2.24) is 10.6 Å². The average molecular weight is 481 g/mol. The number of amides is 4. The molecular formula is C24H28F4N4O2. The summed E-state index contributed by atoms with van der Waals surface area (Å²) in [6, 6.07) is 4.86. The maximum Gasteiger partial charge on any atom is 0.319 e. The SMILES string of the molecule is CC1(C)C[C@@H](NC(=O)Nc2ccc(F)c(F)c2)C[C@](C)(CNC(=O)Nc2ccc(F)c(F)c2)C1. The smallest absolute Gasteiger partial charge is 0.319 e. The van der Waals surface area contributed by atoms with Gasteiger partial charge in [0.25, 0.3) is 0 Å². The topological polar surface area (TPSA) is 82.3 Å². The first-order chi connectivity index (χ1) is 15.8. The molecule has 3 rings (SSSR count). The van der Waals surface area contributed by atoms with E-state index in [1.54, 1.807) is 0 Å². The zero-order valence-electron chi connectivity index (χ0n) is 19.2. The van der Waals surface area contributed by atoms with Gasteiger partial charge < -0.3 is 21.3 Å². The van der Waals surface area contributed by atoms with Gasteiger partial charge >= 0.3 is 12.1 Å². The summed E-state index contributed by atoms with van der Waals surface area (Å²) < 4.78 is 52.9. The molecule has 0 unspecified atom stereocenters. The lowest BCUT2D eigenvalue weighted by atomic mass is 9.62. The number of hydrogen-bond acceptors (Lipinski definition) is 2. The highest BCUT2D eigenvalue weighted by molar-refractivity contribution is 5.90. The minimum absolute atomic E-state index is 0.124. The van der Waals surface area contributed by atoms with Crippen LogP contribution in [-0.4, -0.2) is 24.6 Å². The molecule has 0 radical (unpaired) electrons. The van der Waals surface area contributed by atoms with Gasteiger partial charge in [-0.25, -0.2) is 27.2 Å². The molecular weight excluding hydrogens is 452 g/mol. The van der Waals surface area contributed by atoms with E-state index in [0.717, 1.165) is 30.7 Å². The molecule has 0 saturated heterocycles. The molecule has 4 N–H and O–H groups in total. The van der Waals surface area contributed by atoms with Crippen LogP contribution in [0.3, 0.4) is 0 Å². The van der Waals surface area contributed by atoms with E-state index in [1.165, 1.54) is 12.1 Å². The van der Waals surface area contributed by atoms with Crippen molar-refractivity contribution in [2.45, 2.75) is 46.1 Å². The first-order valence-corrected chi connectivity index (χ1v) is 10.9. The fourth-order valence-corrected chi connectivity index (χ4v) is 4.84. The number of benzene rings is 2. The molecule has 0 bridgehead atoms. The molecule has 6 nitrogen and oxygen atoms in total. The van der Waals surface area contributed by atoms with Gasteiger partial charge in [0.15, 0.2) is 23.3 Å². The molecule has 1 saturated carbocycles. The highest BCUT2D eigenvalue weighted by atomic mass is 19.2. The minimum Gasteiger partial charge on any atom is -0.337 e. The van der Waals surface area contributed by atoms with Gasteiger partial charge in [-0.1, -0.05) is 20.8 Å². The second-order valence-electron chi connectivity index (χ2n) is 9.92. The maximum atomic E-state index is 13.4. The third kappa shape index (κ3) is 6.85. The Balaban J connectivity index is 1.58. The van der Waals surface area contributed by atoms with Crippen LogP contribution in [0.5, 0.6) is 0 Å². The van der Waals surface area contributed by atoms with Gasteiger partial charge in [-0.2, -0.15) is 0 Å². The first-order valence-electron chi connectivity index (χ1n) is 10.9. The molecule has 2 aromatic rings. The zero-order chi connectivity index (χ0) is 25.1. The van der Waals surface area contributed by atoms with Crippen LogP contribution in [0.2, 0.25) is 0 Å². The predicted octanol–water partition coefficient (Wildman–Crippen LogP) is 5.77. The third-order valence-electron chi connectivity index (χ3n) is 5.81. The Kier molecular flexibility index (Phi) is 7.38. The van der Waals surface area contributed by atoms with Gasteiger partial charge in [-0.15, -0.1) is 0 Å². The van der Waals surface area contributed by atoms with Gasteiger partial charge in [0.1, 0.15) is 0 Å². The van der Waals surface area contributed by atoms with E-state index >= 15 is 0 Å². The van der Waals surface area contributed by atoms with Gasteiger partial charge in [-0.3, -0.25) is 0 Å². The van der Waals surface area contributed by atoms with Crippen molar-refractivity contribution in [1.29, 1.82) is 0 Å². The highest BCUT2D eigenvalue weighted by Gasteiger charge is 2.41. The molecule has 2 aromatic carbocycles. The van der Waals surface area contributed by atoms with Gasteiger partial charge in [-0.05, 0) is 54.4 Å². The van der Waals surface area contributed by atoms with Crippen molar-refractivity contribution in [3.05, 3.63) is 59.7 Å². The summed E-state index contributed by atoms with van der Waals surface area (Å²) >= 11 is 0. The summed E-state index contributed by atoms with van der Waals surface area (Å²) in [5.74, 6) is -4.13. The van der Waals surface area contributed by atoms with E-state index in [1.807, 2.05) is 6.92 Å². The molecule has 1 aliphatic carbocycles. The second kappa shape index (κ2) is 9.90. The number of hydrogen-bond donors (Lipinski definition) is 4. The number of carbonyl (C=O) groups excluding carboxylic acids is 2. The lowest BCUT2D eigenvalue weighted by molar-refractivity contribution is 0.0761. The van der Waals surface area contributed by atoms with Gasteiger partial charge in [0.05, 0.1) is 0 Å². The van der Waals surface area contributed by atoms with Crippen molar-refractivity contribution >= 4 is 23.4 Å². The Hall–Kier alpha value is -3.30. The van der Waals surface area contributed by atoms with Crippen molar-refractivity contribution in [3.63, 3.8) is 0 Å². The normalized spacial score (nSPS) is 21.4. The summed E-state index contributed by atoms with van der Waals surface area (Å²) in [5.41, 5.74) is -0.262. The third-order valence-corrected chi connectivity index (χ3v) is 5.81. The van der Waals surface area contributed by atoms with E-state index in [-0.39, 0.29) is 34.8 Å². The van der Waals surface area contributed by atoms with Gasteiger partial charge in [0.2, 0.25) is 0 Å². The summed E-state index contributed by atoms with van der Waals surface area (Å²) in [6.07, 6.45) is 2.02. The van der Waals surface area contributed by atoms with Crippen molar-refractivity contribution < 1.29 is 27.2 Å². The van der Waals surface area contributed by atoms with Crippen molar-refractivity contribution in [2.75, 3.05) is 17.2 Å². The number of nitrogens with one attached hydrogen (secondary N) is 4. The molecule has 0 aliphatic heterocycles. The summed E-state index contributed by atoms with van der Waals surface area (Å²) in [6.45, 7) is 6.41. The van der Waals surface area contributed by atoms with Crippen LogP contribution in [0.4, 0.5) is 38.5 Å². The number of carbonyl (C=O) groups is 2. The number of urea groups is 2. The Morgan fingerprint density at radius 3 is 1.88 bits per heavy atom. The Bertz CT molecular complexity index is 1080. The van der Waals surface area contributed by atoms with Crippen LogP contribution in [0, 0.1) is 34.1 Å². The van der Waals surface area contributed by atoms with Crippen LogP contribution in [-0.2, 0) is 0 Å². The van der Waals surface area contributed by atoms with E-state index in [2.05, 4.69) is 35.1 Å². The highest BCUT2D eigenvalue weighted by Crippen LogP contribution is 2.45. The van der Waals surface area contributed by atoms with Crippen LogP contribution in [0.15, 0.2) is 36.4 Å². The first kappa shape index (κ1) is 25.3. The van der Waals surface area contributed by atoms with Crippen LogP contribution in [0.25, 0.3) is 0 Å². The van der Waals surface area contributed by atoms with Crippen molar-refractivity contribution in [3.8, 4) is 0 Å². The molecule has 0 heterocycles. The predicted molar refractivity (Wildman–Crippen MR) is 121 cm³/mol. The van der Waals surface area contributed by atoms with E-state index in [0.29, 0.717) is 12.8 Å². The largest absolute Gasteiger partial charge is 0.337 e. The van der Waals surface area contributed by atoms with Crippen LogP contribution in [0.1, 0.15) is 40.0 Å². The maximum absolute atomic E-state index is 13.4. The minimum atomic E-state index is -1.06. The van der Waals surface area contributed by atoms with E-state index in [9.17, 15) is 27.2 Å². The monoisotopic (exact) mass is 480 g/mol. The molecule has 4 amide bonds. The average Bonchev–Trinajstić information content (AvgIpc) is 2.70. The molecule has 184 valence electrons. The molecule has 34 heavy (non-hydrogen) atoms. The molecule has 1 aliphatic rings. The quantitative estimate of drug-likeness (QED) is 0.410. The lowest BCUT2D eigenvalue weighted by Gasteiger charge is -2.46. The Morgan fingerprint density at radius 2 is 1.35 bits per heavy atom. The van der Waals surface area contributed by atoms with Crippen molar-refractivity contribution in [2.24, 2.45) is 10.8 Å². The summed E-state index contributed by atoms with van der Waals surface area (Å²) in [7, 11) is 0. The summed E-state index contributed by atoms with van der Waals surface area (Å²) in [4.78, 5) is 24.7. The Morgan fingerprint density at radius 1 is 0.824 bits per heavy atom. The Labute approximate surface area is 195 Å². The van der Waals surface area contributed by atoms with Crippen LogP contribution < -0.4 is 21.3 Å². The number of anilines is 2. The fraction of sp³-hybridized carbons (Fsp3) is 0.417. The number of halogens is 4. The molecule has 0 aromatic heterocycles. The molecule has 0 spiro atoms. The second-order valence-corrected chi connectivity index (χ2v) is 9.92. The fourth-order valence-electron chi connectivity index (χ4n) is 4.84.